The SMILES string of the molecule is COC(=O)CCc1ccccc1S(=O)(=O)CCN(C)C. The summed E-state index contributed by atoms with van der Waals surface area (Å²) in [5, 5.41) is 0. The van der Waals surface area contributed by atoms with E-state index in [1.807, 2.05) is 19.0 Å². The van der Waals surface area contributed by atoms with Crippen LogP contribution in [0.25, 0.3) is 0 Å². The molecule has 20 heavy (non-hydrogen) atoms. The number of benzene rings is 1. The summed E-state index contributed by atoms with van der Waals surface area (Å²) in [6.45, 7) is 0.466. The van der Waals surface area contributed by atoms with Gasteiger partial charge in [0.2, 0.25) is 0 Å². The van der Waals surface area contributed by atoms with Gasteiger partial charge in [0.25, 0.3) is 0 Å². The summed E-state index contributed by atoms with van der Waals surface area (Å²) < 4.78 is 29.2. The smallest absolute Gasteiger partial charge is 0.305 e. The number of hydrogen-bond donors (Lipinski definition) is 0. The Morgan fingerprint density at radius 3 is 2.50 bits per heavy atom. The fourth-order valence-corrected chi connectivity index (χ4v) is 3.45. The monoisotopic (exact) mass is 299 g/mol. The first-order valence-corrected chi connectivity index (χ1v) is 8.04. The minimum absolute atomic E-state index is 0.0647. The van der Waals surface area contributed by atoms with Crippen molar-refractivity contribution >= 4 is 15.8 Å². The molecule has 112 valence electrons. The van der Waals surface area contributed by atoms with Crippen LogP contribution in [0.1, 0.15) is 12.0 Å². The van der Waals surface area contributed by atoms with Gasteiger partial charge in [-0.3, -0.25) is 4.79 Å². The number of esters is 1. The summed E-state index contributed by atoms with van der Waals surface area (Å²) in [5.41, 5.74) is 0.664. The molecule has 0 atom stereocenters. The molecule has 0 spiro atoms. The zero-order chi connectivity index (χ0) is 15.2. The lowest BCUT2D eigenvalue weighted by molar-refractivity contribution is -0.140. The van der Waals surface area contributed by atoms with Crippen LogP contribution in [0.5, 0.6) is 0 Å². The van der Waals surface area contributed by atoms with Crippen LogP contribution in [0.2, 0.25) is 0 Å². The number of nitrogens with zero attached hydrogens (tertiary/aromatic N) is 1. The Balaban J connectivity index is 2.91. The van der Waals surface area contributed by atoms with Crippen LogP contribution < -0.4 is 0 Å². The molecule has 0 aliphatic heterocycles. The van der Waals surface area contributed by atoms with Gasteiger partial charge in [-0.2, -0.15) is 0 Å². The van der Waals surface area contributed by atoms with Crippen molar-refractivity contribution in [3.05, 3.63) is 29.8 Å². The first kappa shape index (κ1) is 16.7. The van der Waals surface area contributed by atoms with E-state index in [1.165, 1.54) is 7.11 Å². The van der Waals surface area contributed by atoms with Crippen molar-refractivity contribution in [2.24, 2.45) is 0 Å². The molecule has 1 aromatic carbocycles. The Bertz CT molecular complexity index is 552. The lowest BCUT2D eigenvalue weighted by Crippen LogP contribution is -2.22. The zero-order valence-corrected chi connectivity index (χ0v) is 12.9. The van der Waals surface area contributed by atoms with E-state index in [0.29, 0.717) is 23.4 Å². The second-order valence-corrected chi connectivity index (χ2v) is 6.88. The molecular formula is C14H21NO4S. The second-order valence-electron chi connectivity index (χ2n) is 4.81. The molecule has 0 N–H and O–H groups in total. The summed E-state index contributed by atoms with van der Waals surface area (Å²) in [6.07, 6.45) is 0.542. The quantitative estimate of drug-likeness (QED) is 0.706. The minimum Gasteiger partial charge on any atom is -0.469 e. The van der Waals surface area contributed by atoms with Crippen molar-refractivity contribution in [2.45, 2.75) is 17.7 Å². The molecule has 0 heterocycles. The van der Waals surface area contributed by atoms with E-state index in [0.717, 1.165) is 0 Å². The van der Waals surface area contributed by atoms with E-state index in [9.17, 15) is 13.2 Å². The maximum absolute atomic E-state index is 12.3. The number of rotatable bonds is 7. The molecule has 1 rings (SSSR count). The molecule has 0 saturated heterocycles. The standard InChI is InChI=1S/C14H21NO4S/c1-15(2)10-11-20(17,18)13-7-5-4-6-12(13)8-9-14(16)19-3/h4-7H,8-11H2,1-3H3. The minimum atomic E-state index is -3.33. The summed E-state index contributed by atoms with van der Waals surface area (Å²) in [4.78, 5) is 13.3. The van der Waals surface area contributed by atoms with Gasteiger partial charge < -0.3 is 9.64 Å². The highest BCUT2D eigenvalue weighted by Gasteiger charge is 2.18. The van der Waals surface area contributed by atoms with Crippen LogP contribution in [0.4, 0.5) is 0 Å². The number of ether oxygens (including phenoxy) is 1. The fraction of sp³-hybridized carbons (Fsp3) is 0.500. The van der Waals surface area contributed by atoms with Gasteiger partial charge in [0.1, 0.15) is 0 Å². The van der Waals surface area contributed by atoms with Crippen molar-refractivity contribution in [1.29, 1.82) is 0 Å². The van der Waals surface area contributed by atoms with Crippen molar-refractivity contribution in [3.8, 4) is 0 Å². The summed E-state index contributed by atoms with van der Waals surface area (Å²) in [6, 6.07) is 6.81. The van der Waals surface area contributed by atoms with Gasteiger partial charge in [-0.15, -0.1) is 0 Å². The van der Waals surface area contributed by atoms with Crippen molar-refractivity contribution in [1.82, 2.24) is 4.90 Å². The van der Waals surface area contributed by atoms with Crippen LogP contribution in [0.15, 0.2) is 29.2 Å². The predicted octanol–water partition coefficient (Wildman–Crippen LogP) is 1.13. The van der Waals surface area contributed by atoms with Gasteiger partial charge in [0.15, 0.2) is 9.84 Å². The van der Waals surface area contributed by atoms with Gasteiger partial charge in [-0.25, -0.2) is 8.42 Å². The molecule has 0 aromatic heterocycles. The highest BCUT2D eigenvalue weighted by atomic mass is 32.2. The average molecular weight is 299 g/mol. The molecule has 0 aliphatic carbocycles. The molecule has 0 aliphatic rings. The van der Waals surface area contributed by atoms with E-state index in [1.54, 1.807) is 24.3 Å². The molecular weight excluding hydrogens is 278 g/mol. The third-order valence-corrected chi connectivity index (χ3v) is 4.73. The van der Waals surface area contributed by atoms with Crippen molar-refractivity contribution < 1.29 is 17.9 Å². The molecule has 0 bridgehead atoms. The fourth-order valence-electron chi connectivity index (χ4n) is 1.77. The molecule has 0 unspecified atom stereocenters. The van der Waals surface area contributed by atoms with Crippen LogP contribution >= 0.6 is 0 Å². The van der Waals surface area contributed by atoms with E-state index < -0.39 is 9.84 Å². The van der Waals surface area contributed by atoms with Gasteiger partial charge in [0.05, 0.1) is 17.8 Å². The lowest BCUT2D eigenvalue weighted by Gasteiger charge is -2.13. The third-order valence-electron chi connectivity index (χ3n) is 2.94. The Hall–Kier alpha value is -1.40. The highest BCUT2D eigenvalue weighted by Crippen LogP contribution is 2.18. The van der Waals surface area contributed by atoms with Crippen LogP contribution in [-0.4, -0.2) is 52.8 Å². The van der Waals surface area contributed by atoms with Crippen LogP contribution in [0.3, 0.4) is 0 Å². The molecule has 0 saturated carbocycles. The van der Waals surface area contributed by atoms with Crippen molar-refractivity contribution in [3.63, 3.8) is 0 Å². The van der Waals surface area contributed by atoms with E-state index in [-0.39, 0.29) is 18.1 Å². The summed E-state index contributed by atoms with van der Waals surface area (Å²) in [5.74, 6) is -0.277. The molecule has 1 aromatic rings. The normalized spacial score (nSPS) is 11.6. The number of aryl methyl sites for hydroxylation is 1. The average Bonchev–Trinajstić information content (AvgIpc) is 2.43. The largest absolute Gasteiger partial charge is 0.469 e. The molecule has 6 heteroatoms. The number of methoxy groups -OCH3 is 1. The summed E-state index contributed by atoms with van der Waals surface area (Å²) in [7, 11) is 1.65. The Kier molecular flexibility index (Phi) is 6.16. The Labute approximate surface area is 120 Å². The first-order chi connectivity index (χ1) is 9.36. The van der Waals surface area contributed by atoms with Gasteiger partial charge >= 0.3 is 5.97 Å². The third kappa shape index (κ3) is 4.94. The molecule has 0 radical (unpaired) electrons. The van der Waals surface area contributed by atoms with Crippen LogP contribution in [-0.2, 0) is 25.8 Å². The number of hydrogen-bond acceptors (Lipinski definition) is 5. The number of carbonyl (C=O) groups is 1. The Morgan fingerprint density at radius 1 is 1.25 bits per heavy atom. The molecule has 0 amide bonds. The van der Waals surface area contributed by atoms with E-state index in [4.69, 9.17) is 0 Å². The first-order valence-electron chi connectivity index (χ1n) is 6.39. The molecule has 0 fully saturated rings. The molecule has 5 nitrogen and oxygen atoms in total. The lowest BCUT2D eigenvalue weighted by atomic mass is 10.1. The highest BCUT2D eigenvalue weighted by molar-refractivity contribution is 7.91. The number of sulfone groups is 1. The number of carbonyl (C=O) groups excluding carboxylic acids is 1. The predicted molar refractivity (Wildman–Crippen MR) is 77.4 cm³/mol. The van der Waals surface area contributed by atoms with Gasteiger partial charge in [-0.1, -0.05) is 18.2 Å². The van der Waals surface area contributed by atoms with Crippen LogP contribution in [0, 0.1) is 0 Å². The van der Waals surface area contributed by atoms with E-state index >= 15 is 0 Å². The zero-order valence-electron chi connectivity index (χ0n) is 12.1. The maximum Gasteiger partial charge on any atom is 0.305 e. The Morgan fingerprint density at radius 2 is 1.90 bits per heavy atom. The van der Waals surface area contributed by atoms with Gasteiger partial charge in [0, 0.05) is 13.0 Å². The van der Waals surface area contributed by atoms with Crippen molar-refractivity contribution in [2.75, 3.05) is 33.5 Å². The summed E-state index contributed by atoms with van der Waals surface area (Å²) >= 11 is 0. The second kappa shape index (κ2) is 7.40. The maximum atomic E-state index is 12.3. The van der Waals surface area contributed by atoms with E-state index in [2.05, 4.69) is 4.74 Å². The van der Waals surface area contributed by atoms with Gasteiger partial charge in [-0.05, 0) is 32.1 Å². The topological polar surface area (TPSA) is 63.7 Å².